The molecular weight excluding hydrogens is 346 g/mol. The smallest absolute Gasteiger partial charge is 0.219 e. The number of carbonyl (C=O) groups excluding carboxylic acids is 1. The van der Waals surface area contributed by atoms with E-state index in [0.29, 0.717) is 0 Å². The maximum absolute atomic E-state index is 11.6. The molecule has 0 unspecified atom stereocenters. The molecule has 6 nitrogen and oxygen atoms in total. The lowest BCUT2D eigenvalue weighted by Crippen LogP contribution is -2.55. The second-order valence-electron chi connectivity index (χ2n) is 7.69. The number of hydrogen-bond acceptors (Lipinski definition) is 4. The molecule has 3 rings (SSSR count). The molecular formula is C19H35N5OS. The van der Waals surface area contributed by atoms with Crippen molar-refractivity contribution in [3.63, 3.8) is 0 Å². The van der Waals surface area contributed by atoms with Gasteiger partial charge in [-0.05, 0) is 19.8 Å². The average Bonchev–Trinajstić information content (AvgIpc) is 3.16. The van der Waals surface area contributed by atoms with Gasteiger partial charge in [0.05, 0.1) is 6.54 Å². The van der Waals surface area contributed by atoms with Crippen LogP contribution in [0.15, 0.2) is 4.99 Å². The van der Waals surface area contributed by atoms with E-state index in [0.717, 1.165) is 45.2 Å². The Kier molecular flexibility index (Phi) is 7.09. The van der Waals surface area contributed by atoms with Gasteiger partial charge in [-0.1, -0.05) is 12.8 Å². The van der Waals surface area contributed by atoms with Crippen molar-refractivity contribution in [1.29, 1.82) is 0 Å². The Morgan fingerprint density at radius 1 is 1.04 bits per heavy atom. The molecule has 1 saturated carbocycles. The van der Waals surface area contributed by atoms with Crippen molar-refractivity contribution in [2.75, 3.05) is 63.9 Å². The third kappa shape index (κ3) is 4.66. The normalized spacial score (nSPS) is 24.8. The topological polar surface area (TPSA) is 51.2 Å². The Morgan fingerprint density at radius 3 is 2.23 bits per heavy atom. The van der Waals surface area contributed by atoms with Gasteiger partial charge in [0.2, 0.25) is 5.91 Å². The van der Waals surface area contributed by atoms with Crippen molar-refractivity contribution in [3.8, 4) is 0 Å². The molecule has 0 spiro atoms. The summed E-state index contributed by atoms with van der Waals surface area (Å²) in [4.78, 5) is 23.7. The molecule has 2 heterocycles. The fourth-order valence-electron chi connectivity index (χ4n) is 4.53. The lowest BCUT2D eigenvalue weighted by atomic mass is 9.95. The first-order chi connectivity index (χ1) is 12.6. The van der Waals surface area contributed by atoms with Crippen LogP contribution in [0.5, 0.6) is 0 Å². The van der Waals surface area contributed by atoms with Crippen LogP contribution in [0.2, 0.25) is 0 Å². The first-order valence-corrected chi connectivity index (χ1v) is 11.4. The molecule has 3 fully saturated rings. The van der Waals surface area contributed by atoms with Crippen LogP contribution in [0.4, 0.5) is 0 Å². The van der Waals surface area contributed by atoms with Gasteiger partial charge in [0.1, 0.15) is 0 Å². The van der Waals surface area contributed by atoms with Gasteiger partial charge in [-0.3, -0.25) is 14.7 Å². The summed E-state index contributed by atoms with van der Waals surface area (Å²) in [5, 5.41) is 3.49. The maximum Gasteiger partial charge on any atom is 0.219 e. The van der Waals surface area contributed by atoms with Crippen molar-refractivity contribution >= 4 is 23.6 Å². The van der Waals surface area contributed by atoms with Crippen LogP contribution < -0.4 is 5.32 Å². The van der Waals surface area contributed by atoms with Crippen molar-refractivity contribution in [3.05, 3.63) is 0 Å². The molecule has 0 aromatic carbocycles. The largest absolute Gasteiger partial charge is 0.357 e. The van der Waals surface area contributed by atoms with Gasteiger partial charge in [0.15, 0.2) is 5.96 Å². The van der Waals surface area contributed by atoms with E-state index in [1.807, 2.05) is 4.90 Å². The molecule has 1 aliphatic carbocycles. The minimum absolute atomic E-state index is 0.180. The van der Waals surface area contributed by atoms with Crippen LogP contribution in [0, 0.1) is 0 Å². The second kappa shape index (κ2) is 9.31. The Balaban J connectivity index is 1.66. The number of piperazine rings is 1. The number of carbonyl (C=O) groups is 1. The van der Waals surface area contributed by atoms with E-state index in [9.17, 15) is 4.79 Å². The van der Waals surface area contributed by atoms with Crippen LogP contribution in [0.1, 0.15) is 39.5 Å². The van der Waals surface area contributed by atoms with Crippen LogP contribution in [0.3, 0.4) is 0 Å². The minimum atomic E-state index is 0.180. The van der Waals surface area contributed by atoms with E-state index in [-0.39, 0.29) is 11.4 Å². The summed E-state index contributed by atoms with van der Waals surface area (Å²) < 4.78 is 0. The minimum Gasteiger partial charge on any atom is -0.357 e. The average molecular weight is 382 g/mol. The van der Waals surface area contributed by atoms with Crippen LogP contribution in [-0.4, -0.2) is 96.0 Å². The van der Waals surface area contributed by atoms with E-state index in [4.69, 9.17) is 4.99 Å². The van der Waals surface area contributed by atoms with Gasteiger partial charge in [0.25, 0.3) is 0 Å². The summed E-state index contributed by atoms with van der Waals surface area (Å²) in [6.07, 6.45) is 5.26. The Bertz CT molecular complexity index is 492. The first-order valence-electron chi connectivity index (χ1n) is 10.3. The molecule has 0 bridgehead atoms. The van der Waals surface area contributed by atoms with Crippen molar-refractivity contribution in [2.24, 2.45) is 4.99 Å². The van der Waals surface area contributed by atoms with Gasteiger partial charge >= 0.3 is 0 Å². The molecule has 1 N–H and O–H groups in total. The zero-order chi connectivity index (χ0) is 18.4. The van der Waals surface area contributed by atoms with Crippen LogP contribution >= 0.6 is 11.8 Å². The van der Waals surface area contributed by atoms with Crippen molar-refractivity contribution in [1.82, 2.24) is 20.0 Å². The SMILES string of the molecule is CCNC(=NCC1(N2CCSCC2)CCCC1)N1CCN(C(C)=O)CC1. The van der Waals surface area contributed by atoms with Crippen molar-refractivity contribution < 1.29 is 4.79 Å². The number of guanidine groups is 1. The molecule has 0 radical (unpaired) electrons. The monoisotopic (exact) mass is 381 g/mol. The van der Waals surface area contributed by atoms with E-state index in [1.165, 1.54) is 50.3 Å². The number of nitrogens with zero attached hydrogens (tertiary/aromatic N) is 4. The zero-order valence-electron chi connectivity index (χ0n) is 16.5. The van der Waals surface area contributed by atoms with Gasteiger partial charge in [0, 0.05) is 69.8 Å². The summed E-state index contributed by atoms with van der Waals surface area (Å²) in [5.41, 5.74) is 0.281. The predicted octanol–water partition coefficient (Wildman–Crippen LogP) is 1.48. The van der Waals surface area contributed by atoms with Gasteiger partial charge in [-0.15, -0.1) is 0 Å². The fraction of sp³-hybridized carbons (Fsp3) is 0.895. The molecule has 0 aromatic heterocycles. The number of aliphatic imine (C=N–C) groups is 1. The van der Waals surface area contributed by atoms with Gasteiger partial charge in [-0.2, -0.15) is 11.8 Å². The third-order valence-corrected chi connectivity index (χ3v) is 7.04. The highest BCUT2D eigenvalue weighted by Gasteiger charge is 2.40. The Labute approximate surface area is 162 Å². The van der Waals surface area contributed by atoms with E-state index in [1.54, 1.807) is 6.92 Å². The number of amides is 1. The lowest BCUT2D eigenvalue weighted by Gasteiger charge is -2.43. The molecule has 3 aliphatic rings. The fourth-order valence-corrected chi connectivity index (χ4v) is 5.43. The zero-order valence-corrected chi connectivity index (χ0v) is 17.3. The highest BCUT2D eigenvalue weighted by atomic mass is 32.2. The lowest BCUT2D eigenvalue weighted by molar-refractivity contribution is -0.130. The predicted molar refractivity (Wildman–Crippen MR) is 110 cm³/mol. The summed E-state index contributed by atoms with van der Waals surface area (Å²) in [6.45, 7) is 11.4. The number of hydrogen-bond donors (Lipinski definition) is 1. The molecule has 0 atom stereocenters. The number of nitrogens with one attached hydrogen (secondary N) is 1. The Morgan fingerprint density at radius 2 is 1.65 bits per heavy atom. The van der Waals surface area contributed by atoms with Gasteiger partial charge < -0.3 is 15.1 Å². The highest BCUT2D eigenvalue weighted by molar-refractivity contribution is 7.99. The third-order valence-electron chi connectivity index (χ3n) is 6.10. The van der Waals surface area contributed by atoms with E-state index in [2.05, 4.69) is 33.8 Å². The molecule has 26 heavy (non-hydrogen) atoms. The summed E-state index contributed by atoms with van der Waals surface area (Å²) >= 11 is 2.08. The van der Waals surface area contributed by atoms with Crippen molar-refractivity contribution in [2.45, 2.75) is 45.1 Å². The van der Waals surface area contributed by atoms with E-state index >= 15 is 0 Å². The first kappa shape index (κ1) is 19.8. The quantitative estimate of drug-likeness (QED) is 0.590. The summed E-state index contributed by atoms with van der Waals surface area (Å²) in [5.74, 6) is 3.74. The number of thioether (sulfide) groups is 1. The number of rotatable bonds is 4. The Hall–Kier alpha value is -0.950. The molecule has 1 amide bonds. The van der Waals surface area contributed by atoms with Crippen LogP contribution in [0.25, 0.3) is 0 Å². The standard InChI is InChI=1S/C19H35N5OS/c1-3-20-18(23-10-8-22(9-11-23)17(2)25)21-16-19(6-4-5-7-19)24-12-14-26-15-13-24/h3-16H2,1-2H3,(H,20,21). The molecule has 2 saturated heterocycles. The summed E-state index contributed by atoms with van der Waals surface area (Å²) in [7, 11) is 0. The highest BCUT2D eigenvalue weighted by Crippen LogP contribution is 2.37. The maximum atomic E-state index is 11.6. The molecule has 2 aliphatic heterocycles. The molecule has 7 heteroatoms. The van der Waals surface area contributed by atoms with E-state index < -0.39 is 0 Å². The van der Waals surface area contributed by atoms with Crippen LogP contribution in [-0.2, 0) is 4.79 Å². The molecule has 148 valence electrons. The van der Waals surface area contributed by atoms with Gasteiger partial charge in [-0.25, -0.2) is 0 Å². The summed E-state index contributed by atoms with van der Waals surface area (Å²) in [6, 6.07) is 0. The molecule has 0 aromatic rings. The second-order valence-corrected chi connectivity index (χ2v) is 8.92.